The van der Waals surface area contributed by atoms with Crippen molar-refractivity contribution < 1.29 is 23.8 Å². The lowest BCUT2D eigenvalue weighted by Gasteiger charge is -2.37. The van der Waals surface area contributed by atoms with Gasteiger partial charge < -0.3 is 29.3 Å². The maximum Gasteiger partial charge on any atom is 0.322 e. The van der Waals surface area contributed by atoms with E-state index in [-0.39, 0.29) is 24.5 Å². The Labute approximate surface area is 228 Å². The number of rotatable bonds is 11. The van der Waals surface area contributed by atoms with Gasteiger partial charge >= 0.3 is 6.03 Å². The summed E-state index contributed by atoms with van der Waals surface area (Å²) in [5.74, 6) is 1.27. The van der Waals surface area contributed by atoms with Crippen molar-refractivity contribution in [1.82, 2.24) is 9.80 Å². The van der Waals surface area contributed by atoms with E-state index in [4.69, 9.17) is 14.2 Å². The number of hydrogen-bond acceptors (Lipinski definition) is 6. The van der Waals surface area contributed by atoms with Crippen LogP contribution < -0.4 is 14.8 Å². The summed E-state index contributed by atoms with van der Waals surface area (Å²) in [5, 5.41) is 4.98. The van der Waals surface area contributed by atoms with E-state index in [1.165, 1.54) is 4.88 Å². The number of nitrogens with zero attached hydrogens (tertiary/aromatic N) is 2. The average Bonchev–Trinajstić information content (AvgIpc) is 3.42. The van der Waals surface area contributed by atoms with Crippen LogP contribution in [0.3, 0.4) is 0 Å². The molecule has 1 aromatic heterocycles. The first kappa shape index (κ1) is 27.5. The number of hydrogen-bond donors (Lipinski definition) is 1. The first-order chi connectivity index (χ1) is 18.5. The number of benzene rings is 2. The van der Waals surface area contributed by atoms with E-state index >= 15 is 0 Å². The summed E-state index contributed by atoms with van der Waals surface area (Å²) in [6, 6.07) is 16.5. The lowest BCUT2D eigenvalue weighted by atomic mass is 10.0. The Morgan fingerprint density at radius 2 is 1.89 bits per heavy atom. The maximum atomic E-state index is 13.7. The summed E-state index contributed by atoms with van der Waals surface area (Å²) in [7, 11) is 3.24. The van der Waals surface area contributed by atoms with Crippen LogP contribution in [0.2, 0.25) is 0 Å². The van der Waals surface area contributed by atoms with Crippen molar-refractivity contribution in [3.63, 3.8) is 0 Å². The highest BCUT2D eigenvalue weighted by molar-refractivity contribution is 7.10. The molecule has 0 spiro atoms. The van der Waals surface area contributed by atoms with Crippen LogP contribution in [0.15, 0.2) is 60.0 Å². The number of ether oxygens (including phenoxy) is 3. The second kappa shape index (κ2) is 13.3. The molecular weight excluding hydrogens is 502 g/mol. The van der Waals surface area contributed by atoms with Crippen LogP contribution in [0.4, 0.5) is 10.5 Å². The lowest BCUT2D eigenvalue weighted by molar-refractivity contribution is -0.135. The summed E-state index contributed by atoms with van der Waals surface area (Å²) >= 11 is 1.70. The quantitative estimate of drug-likeness (QED) is 0.343. The van der Waals surface area contributed by atoms with E-state index in [2.05, 4.69) is 16.8 Å². The van der Waals surface area contributed by atoms with Crippen molar-refractivity contribution in [3.8, 4) is 11.5 Å². The van der Waals surface area contributed by atoms with Gasteiger partial charge in [-0.3, -0.25) is 4.79 Å². The number of aryl methyl sites for hydroxylation is 1. The first-order valence-electron chi connectivity index (χ1n) is 12.7. The third-order valence-corrected chi connectivity index (χ3v) is 7.55. The van der Waals surface area contributed by atoms with Gasteiger partial charge in [-0.2, -0.15) is 0 Å². The number of urea groups is 1. The number of fused-ring (bicyclic) bond motifs is 1. The molecular formula is C29H35N3O5S. The Morgan fingerprint density at radius 3 is 2.66 bits per heavy atom. The largest absolute Gasteiger partial charge is 0.497 e. The molecule has 3 aromatic rings. The fraction of sp³-hybridized carbons (Fsp3) is 0.379. The van der Waals surface area contributed by atoms with Crippen molar-refractivity contribution in [2.75, 3.05) is 52.4 Å². The second-order valence-electron chi connectivity index (χ2n) is 9.21. The first-order valence-corrected chi connectivity index (χ1v) is 13.6. The average molecular weight is 538 g/mol. The molecule has 2 heterocycles. The molecule has 2 aromatic carbocycles. The SMILES string of the molecule is COCCCN(CC(=O)N1CCc2sccc2[C@@H]1COc1cccc(OC)c1)C(=O)Nc1ccc(C)cc1. The van der Waals surface area contributed by atoms with Gasteiger partial charge in [-0.15, -0.1) is 11.3 Å². The molecule has 8 nitrogen and oxygen atoms in total. The molecule has 1 aliphatic heterocycles. The number of carbonyl (C=O) groups excluding carboxylic acids is 2. The van der Waals surface area contributed by atoms with Crippen LogP contribution in [0.1, 0.15) is 28.5 Å². The van der Waals surface area contributed by atoms with Gasteiger partial charge in [0, 0.05) is 43.4 Å². The van der Waals surface area contributed by atoms with E-state index in [1.54, 1.807) is 30.5 Å². The van der Waals surface area contributed by atoms with Crippen LogP contribution in [-0.2, 0) is 16.0 Å². The van der Waals surface area contributed by atoms with Crippen LogP contribution in [0.25, 0.3) is 0 Å². The minimum absolute atomic E-state index is 0.0312. The highest BCUT2D eigenvalue weighted by Gasteiger charge is 2.33. The fourth-order valence-electron chi connectivity index (χ4n) is 4.49. The molecule has 0 aliphatic carbocycles. The summed E-state index contributed by atoms with van der Waals surface area (Å²) < 4.78 is 16.6. The molecule has 0 fully saturated rings. The zero-order valence-electron chi connectivity index (χ0n) is 22.1. The van der Waals surface area contributed by atoms with E-state index in [0.717, 1.165) is 17.5 Å². The van der Waals surface area contributed by atoms with Gasteiger partial charge in [-0.25, -0.2) is 4.79 Å². The minimum atomic E-state index is -0.310. The summed E-state index contributed by atoms with van der Waals surface area (Å²) in [4.78, 5) is 31.6. The van der Waals surface area contributed by atoms with E-state index in [9.17, 15) is 9.59 Å². The molecule has 0 radical (unpaired) electrons. The summed E-state index contributed by atoms with van der Waals surface area (Å²) in [6.07, 6.45) is 1.41. The standard InChI is InChI=1S/C29H35N3O5S/c1-21-8-10-22(11-9-21)30-29(34)31(14-5-16-35-2)19-28(33)32-15-12-27-25(13-17-38-27)26(32)20-37-24-7-4-6-23(18-24)36-3/h4,6-11,13,17-18,26H,5,12,14-16,19-20H2,1-3H3,(H,30,34)/t26-/m0/s1. The van der Waals surface area contributed by atoms with Crippen molar-refractivity contribution in [2.24, 2.45) is 0 Å². The normalized spacial score (nSPS) is 14.5. The fourth-order valence-corrected chi connectivity index (χ4v) is 5.41. The highest BCUT2D eigenvalue weighted by Crippen LogP contribution is 2.34. The van der Waals surface area contributed by atoms with Crippen molar-refractivity contribution in [1.29, 1.82) is 0 Å². The predicted octanol–water partition coefficient (Wildman–Crippen LogP) is 5.14. The van der Waals surface area contributed by atoms with Gasteiger partial charge in [0.1, 0.15) is 24.7 Å². The van der Waals surface area contributed by atoms with E-state index in [0.29, 0.717) is 49.9 Å². The molecule has 0 unspecified atom stereocenters. The number of methoxy groups -OCH3 is 2. The molecule has 38 heavy (non-hydrogen) atoms. The Kier molecular flexibility index (Phi) is 9.62. The minimum Gasteiger partial charge on any atom is -0.497 e. The molecule has 202 valence electrons. The topological polar surface area (TPSA) is 80.3 Å². The molecule has 9 heteroatoms. The van der Waals surface area contributed by atoms with Crippen molar-refractivity contribution >= 4 is 29.0 Å². The maximum absolute atomic E-state index is 13.7. The van der Waals surface area contributed by atoms with Crippen LogP contribution in [0, 0.1) is 6.92 Å². The van der Waals surface area contributed by atoms with E-state index in [1.807, 2.05) is 60.4 Å². The monoisotopic (exact) mass is 537 g/mol. The smallest absolute Gasteiger partial charge is 0.322 e. The number of thiophene rings is 1. The zero-order valence-corrected chi connectivity index (χ0v) is 23.0. The van der Waals surface area contributed by atoms with Gasteiger partial charge in [-0.1, -0.05) is 23.8 Å². The molecule has 1 atom stereocenters. The third-order valence-electron chi connectivity index (χ3n) is 6.56. The number of carbonyl (C=O) groups is 2. The Hall–Kier alpha value is -3.56. The van der Waals surface area contributed by atoms with Gasteiger partial charge in [0.05, 0.1) is 13.2 Å². The molecule has 0 bridgehead atoms. The van der Waals surface area contributed by atoms with Crippen LogP contribution >= 0.6 is 11.3 Å². The van der Waals surface area contributed by atoms with Gasteiger partial charge in [-0.05, 0) is 61.0 Å². The number of anilines is 1. The molecule has 0 saturated carbocycles. The molecule has 4 rings (SSSR count). The predicted molar refractivity (Wildman–Crippen MR) is 149 cm³/mol. The Balaban J connectivity index is 1.48. The molecule has 1 N–H and O–H groups in total. The van der Waals surface area contributed by atoms with Crippen molar-refractivity contribution in [2.45, 2.75) is 25.8 Å². The molecule has 1 aliphatic rings. The van der Waals surface area contributed by atoms with E-state index < -0.39 is 0 Å². The second-order valence-corrected chi connectivity index (χ2v) is 10.2. The summed E-state index contributed by atoms with van der Waals surface area (Å²) in [5.41, 5.74) is 2.90. The number of nitrogens with one attached hydrogen (secondary N) is 1. The van der Waals surface area contributed by atoms with Crippen LogP contribution in [-0.4, -0.2) is 68.8 Å². The lowest BCUT2D eigenvalue weighted by Crippen LogP contribution is -2.49. The Morgan fingerprint density at radius 1 is 1.11 bits per heavy atom. The van der Waals surface area contributed by atoms with Crippen LogP contribution in [0.5, 0.6) is 11.5 Å². The van der Waals surface area contributed by atoms with Gasteiger partial charge in [0.15, 0.2) is 0 Å². The zero-order chi connectivity index (χ0) is 26.9. The molecule has 3 amide bonds. The summed E-state index contributed by atoms with van der Waals surface area (Å²) in [6.45, 7) is 3.75. The molecule has 0 saturated heterocycles. The van der Waals surface area contributed by atoms with Gasteiger partial charge in [0.25, 0.3) is 0 Å². The Bertz CT molecular complexity index is 1210. The van der Waals surface area contributed by atoms with Gasteiger partial charge in [0.2, 0.25) is 5.91 Å². The highest BCUT2D eigenvalue weighted by atomic mass is 32.1. The number of amides is 3. The third kappa shape index (κ3) is 7.05. The van der Waals surface area contributed by atoms with Crippen molar-refractivity contribution in [3.05, 3.63) is 76.0 Å².